The van der Waals surface area contributed by atoms with Crippen LogP contribution in [0.25, 0.3) is 0 Å². The van der Waals surface area contributed by atoms with Crippen molar-refractivity contribution in [3.63, 3.8) is 0 Å². The number of hydrogen-bond acceptors (Lipinski definition) is 4. The van der Waals surface area contributed by atoms with E-state index in [0.717, 1.165) is 18.4 Å². The second-order valence-electron chi connectivity index (χ2n) is 6.81. The number of carboxylic acid groups (broad SMARTS) is 1. The number of aliphatic carboxylic acids is 1. The van der Waals surface area contributed by atoms with Crippen molar-refractivity contribution in [2.75, 3.05) is 6.61 Å². The van der Waals surface area contributed by atoms with Crippen LogP contribution in [0.4, 0.5) is 0 Å². The third-order valence-corrected chi connectivity index (χ3v) is 6.88. The van der Waals surface area contributed by atoms with Gasteiger partial charge >= 0.3 is 5.97 Å². The molecule has 1 aromatic rings. The standard InChI is InChI=1S/C19H28O5S/c1-15-10-12-17(13-11-15)25(22,23)18(19(20)21)9-5-6-14-24-16-7-3-2-4-8-16/h10-13,16,18H,2-9,14H2,1H3,(H,20,21). The molecule has 25 heavy (non-hydrogen) atoms. The van der Waals surface area contributed by atoms with Gasteiger partial charge in [0.25, 0.3) is 0 Å². The molecule has 0 aromatic heterocycles. The van der Waals surface area contributed by atoms with Gasteiger partial charge in [-0.3, -0.25) is 4.79 Å². The molecule has 0 spiro atoms. The SMILES string of the molecule is Cc1ccc(S(=O)(=O)C(CCCCOC2CCCCC2)C(=O)O)cc1. The number of benzene rings is 1. The Morgan fingerprint density at radius 2 is 1.80 bits per heavy atom. The van der Waals surface area contributed by atoms with E-state index >= 15 is 0 Å². The normalized spacial score (nSPS) is 17.3. The molecular weight excluding hydrogens is 340 g/mol. The van der Waals surface area contributed by atoms with Crippen LogP contribution in [-0.2, 0) is 19.4 Å². The first-order valence-corrected chi connectivity index (χ1v) is 10.6. The summed E-state index contributed by atoms with van der Waals surface area (Å²) in [6.45, 7) is 2.43. The van der Waals surface area contributed by atoms with Crippen LogP contribution >= 0.6 is 0 Å². The van der Waals surface area contributed by atoms with Crippen molar-refractivity contribution in [2.24, 2.45) is 0 Å². The zero-order valence-corrected chi connectivity index (χ0v) is 15.6. The molecule has 1 atom stereocenters. The van der Waals surface area contributed by atoms with E-state index in [2.05, 4.69) is 0 Å². The Labute approximate surface area is 150 Å². The van der Waals surface area contributed by atoms with E-state index in [0.29, 0.717) is 25.6 Å². The summed E-state index contributed by atoms with van der Waals surface area (Å²) < 4.78 is 31.0. The highest BCUT2D eigenvalue weighted by molar-refractivity contribution is 7.92. The molecule has 0 bridgehead atoms. The van der Waals surface area contributed by atoms with Gasteiger partial charge in [-0.1, -0.05) is 37.0 Å². The van der Waals surface area contributed by atoms with Gasteiger partial charge < -0.3 is 9.84 Å². The fourth-order valence-corrected chi connectivity index (χ4v) is 4.80. The molecule has 1 aliphatic carbocycles. The molecular formula is C19H28O5S. The van der Waals surface area contributed by atoms with E-state index < -0.39 is 21.1 Å². The summed E-state index contributed by atoms with van der Waals surface area (Å²) in [5.41, 5.74) is 0.936. The van der Waals surface area contributed by atoms with Crippen LogP contribution < -0.4 is 0 Å². The molecule has 6 heteroatoms. The molecule has 0 aliphatic heterocycles. The van der Waals surface area contributed by atoms with Gasteiger partial charge in [0.15, 0.2) is 15.1 Å². The lowest BCUT2D eigenvalue weighted by Crippen LogP contribution is -2.30. The third-order valence-electron chi connectivity index (χ3n) is 4.77. The predicted octanol–water partition coefficient (Wildman–Crippen LogP) is 3.74. The maximum Gasteiger partial charge on any atom is 0.322 e. The van der Waals surface area contributed by atoms with E-state index in [1.165, 1.54) is 31.4 Å². The number of aryl methyl sites for hydroxylation is 1. The van der Waals surface area contributed by atoms with Crippen LogP contribution in [0.5, 0.6) is 0 Å². The maximum absolute atomic E-state index is 12.6. The molecule has 0 amide bonds. The Morgan fingerprint density at radius 3 is 2.40 bits per heavy atom. The summed E-state index contributed by atoms with van der Waals surface area (Å²) >= 11 is 0. The quantitative estimate of drug-likeness (QED) is 0.672. The van der Waals surface area contributed by atoms with Crippen molar-refractivity contribution in [2.45, 2.75) is 74.5 Å². The van der Waals surface area contributed by atoms with Gasteiger partial charge in [-0.25, -0.2) is 8.42 Å². The smallest absolute Gasteiger partial charge is 0.322 e. The molecule has 1 unspecified atom stereocenters. The molecule has 0 radical (unpaired) electrons. The lowest BCUT2D eigenvalue weighted by Gasteiger charge is -2.22. The molecule has 1 aliphatic rings. The Hall–Kier alpha value is -1.40. The zero-order valence-electron chi connectivity index (χ0n) is 14.8. The van der Waals surface area contributed by atoms with Crippen LogP contribution in [0.15, 0.2) is 29.2 Å². The predicted molar refractivity (Wildman–Crippen MR) is 96.5 cm³/mol. The van der Waals surface area contributed by atoms with Gasteiger partial charge in [-0.2, -0.15) is 0 Å². The van der Waals surface area contributed by atoms with Gasteiger partial charge in [-0.15, -0.1) is 0 Å². The van der Waals surface area contributed by atoms with Gasteiger partial charge in [0.2, 0.25) is 0 Å². The second kappa shape index (κ2) is 9.34. The molecule has 1 fully saturated rings. The summed E-state index contributed by atoms with van der Waals surface area (Å²) in [4.78, 5) is 11.6. The van der Waals surface area contributed by atoms with Crippen molar-refractivity contribution in [1.29, 1.82) is 0 Å². The van der Waals surface area contributed by atoms with Crippen molar-refractivity contribution in [3.05, 3.63) is 29.8 Å². The first kappa shape index (κ1) is 19.9. The number of carboxylic acids is 1. The fourth-order valence-electron chi connectivity index (χ4n) is 3.22. The molecule has 140 valence electrons. The van der Waals surface area contributed by atoms with Gasteiger partial charge in [0.05, 0.1) is 11.0 Å². The molecule has 1 saturated carbocycles. The van der Waals surface area contributed by atoms with Crippen LogP contribution in [0.1, 0.15) is 56.9 Å². The summed E-state index contributed by atoms with van der Waals surface area (Å²) in [5, 5.41) is 7.98. The van der Waals surface area contributed by atoms with Crippen molar-refractivity contribution >= 4 is 15.8 Å². The first-order valence-electron chi connectivity index (χ1n) is 9.06. The van der Waals surface area contributed by atoms with Crippen LogP contribution in [-0.4, -0.2) is 37.5 Å². The lowest BCUT2D eigenvalue weighted by molar-refractivity contribution is -0.136. The van der Waals surface area contributed by atoms with Crippen LogP contribution in [0, 0.1) is 6.92 Å². The van der Waals surface area contributed by atoms with Gasteiger partial charge in [-0.05, 0) is 51.2 Å². The van der Waals surface area contributed by atoms with E-state index in [9.17, 15) is 18.3 Å². The minimum Gasteiger partial charge on any atom is -0.480 e. The summed E-state index contributed by atoms with van der Waals surface area (Å²) in [5.74, 6) is -1.28. The van der Waals surface area contributed by atoms with E-state index in [-0.39, 0.29) is 11.3 Å². The number of carbonyl (C=O) groups is 1. The number of sulfone groups is 1. The number of hydrogen-bond donors (Lipinski definition) is 1. The monoisotopic (exact) mass is 368 g/mol. The van der Waals surface area contributed by atoms with E-state index in [1.54, 1.807) is 12.1 Å². The maximum atomic E-state index is 12.6. The average Bonchev–Trinajstić information content (AvgIpc) is 2.58. The highest BCUT2D eigenvalue weighted by Gasteiger charge is 2.33. The average molecular weight is 368 g/mol. The Bertz CT molecular complexity index is 645. The zero-order chi connectivity index (χ0) is 18.3. The summed E-state index contributed by atoms with van der Waals surface area (Å²) in [6, 6.07) is 6.33. The fraction of sp³-hybridized carbons (Fsp3) is 0.632. The van der Waals surface area contributed by atoms with Crippen molar-refractivity contribution in [1.82, 2.24) is 0 Å². The Morgan fingerprint density at radius 1 is 1.16 bits per heavy atom. The van der Waals surface area contributed by atoms with Crippen molar-refractivity contribution in [3.8, 4) is 0 Å². The molecule has 0 heterocycles. The summed E-state index contributed by atoms with van der Waals surface area (Å²) in [6.07, 6.45) is 7.52. The number of rotatable bonds is 9. The highest BCUT2D eigenvalue weighted by Crippen LogP contribution is 2.22. The largest absolute Gasteiger partial charge is 0.480 e. The third kappa shape index (κ3) is 5.82. The van der Waals surface area contributed by atoms with E-state index in [1.807, 2.05) is 6.92 Å². The minimum atomic E-state index is -3.87. The number of ether oxygens (including phenoxy) is 1. The first-order chi connectivity index (χ1) is 11.9. The Balaban J connectivity index is 1.85. The molecule has 1 aromatic carbocycles. The lowest BCUT2D eigenvalue weighted by atomic mass is 9.98. The molecule has 5 nitrogen and oxygen atoms in total. The Kier molecular flexibility index (Phi) is 7.44. The molecule has 2 rings (SSSR count). The highest BCUT2D eigenvalue weighted by atomic mass is 32.2. The summed E-state index contributed by atoms with van der Waals surface area (Å²) in [7, 11) is -3.87. The molecule has 1 N–H and O–H groups in total. The van der Waals surface area contributed by atoms with Gasteiger partial charge in [0.1, 0.15) is 0 Å². The van der Waals surface area contributed by atoms with Crippen LogP contribution in [0.2, 0.25) is 0 Å². The van der Waals surface area contributed by atoms with Crippen molar-refractivity contribution < 1.29 is 23.1 Å². The second-order valence-corrected chi connectivity index (χ2v) is 8.94. The van der Waals surface area contributed by atoms with E-state index in [4.69, 9.17) is 4.74 Å². The minimum absolute atomic E-state index is 0.0731. The van der Waals surface area contributed by atoms with Gasteiger partial charge in [0, 0.05) is 6.61 Å². The topological polar surface area (TPSA) is 80.7 Å². The molecule has 0 saturated heterocycles. The van der Waals surface area contributed by atoms with Crippen LogP contribution in [0.3, 0.4) is 0 Å². The number of unbranched alkanes of at least 4 members (excludes halogenated alkanes) is 1.